The van der Waals surface area contributed by atoms with Gasteiger partial charge in [0.2, 0.25) is 0 Å². The Morgan fingerprint density at radius 2 is 0.868 bits per heavy atom. The summed E-state index contributed by atoms with van der Waals surface area (Å²) < 4.78 is 11.0. The van der Waals surface area contributed by atoms with Gasteiger partial charge in [-0.25, -0.2) is 0 Å². The standard InChI is InChI=1S/C34H68O4/c1-3-5-7-9-11-12-13-14-15-16-17-18-19-20-21-22-24-26-28-30-37-32-33(31-35)38-34(36)29-27-25-23-10-8-6-4-2/h33,35H,3-32H2,1-2H3. The van der Waals surface area contributed by atoms with E-state index < -0.39 is 6.10 Å². The van der Waals surface area contributed by atoms with E-state index in [-0.39, 0.29) is 12.6 Å². The first-order chi connectivity index (χ1) is 18.7. The highest BCUT2D eigenvalue weighted by atomic mass is 16.6. The van der Waals surface area contributed by atoms with Crippen molar-refractivity contribution >= 4 is 5.97 Å². The Labute approximate surface area is 238 Å². The lowest BCUT2D eigenvalue weighted by Gasteiger charge is -2.15. The molecule has 228 valence electrons. The van der Waals surface area contributed by atoms with Gasteiger partial charge in [-0.3, -0.25) is 4.79 Å². The molecule has 0 aliphatic heterocycles. The number of aliphatic hydroxyl groups is 1. The molecular weight excluding hydrogens is 472 g/mol. The van der Waals surface area contributed by atoms with Crippen molar-refractivity contribution in [2.45, 2.75) is 193 Å². The van der Waals surface area contributed by atoms with Crippen LogP contribution in [0.3, 0.4) is 0 Å². The van der Waals surface area contributed by atoms with Crippen LogP contribution >= 0.6 is 0 Å². The lowest BCUT2D eigenvalue weighted by Crippen LogP contribution is -2.27. The first kappa shape index (κ1) is 37.4. The van der Waals surface area contributed by atoms with E-state index >= 15 is 0 Å². The molecular formula is C34H68O4. The molecule has 0 amide bonds. The number of hydrogen-bond donors (Lipinski definition) is 1. The Balaban J connectivity index is 3.32. The molecule has 0 saturated carbocycles. The molecule has 38 heavy (non-hydrogen) atoms. The van der Waals surface area contributed by atoms with Crippen LogP contribution in [-0.4, -0.2) is 37.0 Å². The minimum atomic E-state index is -0.521. The zero-order chi connectivity index (χ0) is 27.8. The van der Waals surface area contributed by atoms with Gasteiger partial charge in [-0.2, -0.15) is 0 Å². The third-order valence-electron chi connectivity index (χ3n) is 7.68. The Kier molecular flexibility index (Phi) is 32.1. The van der Waals surface area contributed by atoms with Crippen LogP contribution in [0, 0.1) is 0 Å². The summed E-state index contributed by atoms with van der Waals surface area (Å²) in [4.78, 5) is 12.0. The van der Waals surface area contributed by atoms with Crippen molar-refractivity contribution in [1.82, 2.24) is 0 Å². The summed E-state index contributed by atoms with van der Waals surface area (Å²) in [6, 6.07) is 0. The van der Waals surface area contributed by atoms with Crippen molar-refractivity contribution in [2.24, 2.45) is 0 Å². The van der Waals surface area contributed by atoms with E-state index in [1.54, 1.807) is 0 Å². The molecule has 1 atom stereocenters. The van der Waals surface area contributed by atoms with Crippen LogP contribution in [0.25, 0.3) is 0 Å². The number of rotatable bonds is 32. The fourth-order valence-electron chi connectivity index (χ4n) is 5.09. The molecule has 0 aromatic rings. The van der Waals surface area contributed by atoms with Crippen molar-refractivity contribution in [3.8, 4) is 0 Å². The predicted molar refractivity (Wildman–Crippen MR) is 164 cm³/mol. The Morgan fingerprint density at radius 1 is 0.526 bits per heavy atom. The zero-order valence-electron chi connectivity index (χ0n) is 26.0. The maximum Gasteiger partial charge on any atom is 0.306 e. The molecule has 4 heteroatoms. The van der Waals surface area contributed by atoms with Gasteiger partial charge < -0.3 is 14.6 Å². The number of aliphatic hydroxyl groups excluding tert-OH is 1. The van der Waals surface area contributed by atoms with E-state index in [2.05, 4.69) is 13.8 Å². The fraction of sp³-hybridized carbons (Fsp3) is 0.971. The SMILES string of the molecule is CCCCCCCCCCCCCCCCCCCCCOCC(CO)OC(=O)CCCCCCCCC. The van der Waals surface area contributed by atoms with E-state index in [1.165, 1.54) is 148 Å². The number of hydrogen-bond acceptors (Lipinski definition) is 4. The van der Waals surface area contributed by atoms with Gasteiger partial charge in [0.25, 0.3) is 0 Å². The van der Waals surface area contributed by atoms with Gasteiger partial charge >= 0.3 is 5.97 Å². The second-order valence-corrected chi connectivity index (χ2v) is 11.6. The highest BCUT2D eigenvalue weighted by molar-refractivity contribution is 5.69. The van der Waals surface area contributed by atoms with Crippen LogP contribution in [0.1, 0.15) is 187 Å². The third kappa shape index (κ3) is 29.9. The van der Waals surface area contributed by atoms with E-state index in [4.69, 9.17) is 9.47 Å². The third-order valence-corrected chi connectivity index (χ3v) is 7.68. The summed E-state index contributed by atoms with van der Waals surface area (Å²) in [5.41, 5.74) is 0. The van der Waals surface area contributed by atoms with Gasteiger partial charge in [0.15, 0.2) is 0 Å². The molecule has 0 heterocycles. The van der Waals surface area contributed by atoms with E-state index in [1.807, 2.05) is 0 Å². The normalized spacial score (nSPS) is 12.2. The van der Waals surface area contributed by atoms with Crippen molar-refractivity contribution in [3.63, 3.8) is 0 Å². The molecule has 0 aliphatic carbocycles. The Bertz CT molecular complexity index is 454. The first-order valence-corrected chi connectivity index (χ1v) is 17.1. The van der Waals surface area contributed by atoms with Gasteiger partial charge in [0, 0.05) is 13.0 Å². The highest BCUT2D eigenvalue weighted by Gasteiger charge is 2.13. The van der Waals surface area contributed by atoms with Crippen molar-refractivity contribution in [2.75, 3.05) is 19.8 Å². The molecule has 1 unspecified atom stereocenters. The van der Waals surface area contributed by atoms with Crippen molar-refractivity contribution in [1.29, 1.82) is 0 Å². The Morgan fingerprint density at radius 3 is 1.24 bits per heavy atom. The largest absolute Gasteiger partial charge is 0.457 e. The van der Waals surface area contributed by atoms with E-state index in [0.29, 0.717) is 19.6 Å². The minimum Gasteiger partial charge on any atom is -0.457 e. The fourth-order valence-corrected chi connectivity index (χ4v) is 5.09. The molecule has 0 rings (SSSR count). The number of unbranched alkanes of at least 4 members (excludes halogenated alkanes) is 24. The summed E-state index contributed by atoms with van der Waals surface area (Å²) in [5, 5.41) is 9.48. The summed E-state index contributed by atoms with van der Waals surface area (Å²) in [6.45, 7) is 5.34. The van der Waals surface area contributed by atoms with Gasteiger partial charge in [-0.1, -0.05) is 168 Å². The average Bonchev–Trinajstić information content (AvgIpc) is 2.92. The smallest absolute Gasteiger partial charge is 0.306 e. The second kappa shape index (κ2) is 32.6. The quantitative estimate of drug-likeness (QED) is 0.0681. The molecule has 0 saturated heterocycles. The number of carbonyl (C=O) groups excluding carboxylic acids is 1. The molecule has 0 spiro atoms. The summed E-state index contributed by atoms with van der Waals surface area (Å²) in [6.07, 6.45) is 34.4. The molecule has 0 aliphatic rings. The molecule has 0 bridgehead atoms. The van der Waals surface area contributed by atoms with Crippen LogP contribution in [0.4, 0.5) is 0 Å². The zero-order valence-corrected chi connectivity index (χ0v) is 26.0. The van der Waals surface area contributed by atoms with Crippen LogP contribution in [-0.2, 0) is 14.3 Å². The predicted octanol–water partition coefficient (Wildman–Crippen LogP) is 10.5. The monoisotopic (exact) mass is 541 g/mol. The molecule has 4 nitrogen and oxygen atoms in total. The first-order valence-electron chi connectivity index (χ1n) is 17.1. The van der Waals surface area contributed by atoms with Crippen LogP contribution < -0.4 is 0 Å². The van der Waals surface area contributed by atoms with E-state index in [9.17, 15) is 9.90 Å². The number of esters is 1. The van der Waals surface area contributed by atoms with Crippen LogP contribution in [0.5, 0.6) is 0 Å². The summed E-state index contributed by atoms with van der Waals surface area (Å²) >= 11 is 0. The molecule has 0 aromatic heterocycles. The second-order valence-electron chi connectivity index (χ2n) is 11.6. The molecule has 0 aromatic carbocycles. The molecule has 1 N–H and O–H groups in total. The lowest BCUT2D eigenvalue weighted by atomic mass is 10.0. The lowest BCUT2D eigenvalue weighted by molar-refractivity contribution is -0.154. The number of carbonyl (C=O) groups is 1. The summed E-state index contributed by atoms with van der Waals surface area (Å²) in [5.74, 6) is -0.204. The van der Waals surface area contributed by atoms with E-state index in [0.717, 1.165) is 19.3 Å². The maximum absolute atomic E-state index is 12.0. The Hall–Kier alpha value is -0.610. The topological polar surface area (TPSA) is 55.8 Å². The van der Waals surface area contributed by atoms with Gasteiger partial charge in [-0.15, -0.1) is 0 Å². The highest BCUT2D eigenvalue weighted by Crippen LogP contribution is 2.15. The van der Waals surface area contributed by atoms with Crippen molar-refractivity contribution < 1.29 is 19.4 Å². The van der Waals surface area contributed by atoms with Gasteiger partial charge in [0.1, 0.15) is 6.10 Å². The average molecular weight is 541 g/mol. The van der Waals surface area contributed by atoms with Crippen LogP contribution in [0.15, 0.2) is 0 Å². The van der Waals surface area contributed by atoms with Gasteiger partial charge in [-0.05, 0) is 12.8 Å². The molecule has 0 fully saturated rings. The minimum absolute atomic E-state index is 0.165. The van der Waals surface area contributed by atoms with Gasteiger partial charge in [0.05, 0.1) is 13.2 Å². The van der Waals surface area contributed by atoms with Crippen molar-refractivity contribution in [3.05, 3.63) is 0 Å². The molecule has 0 radical (unpaired) electrons. The number of ether oxygens (including phenoxy) is 2. The van der Waals surface area contributed by atoms with Crippen LogP contribution in [0.2, 0.25) is 0 Å². The maximum atomic E-state index is 12.0. The summed E-state index contributed by atoms with van der Waals surface area (Å²) in [7, 11) is 0.